The number of carbonyl (C=O) groups excluding carboxylic acids is 2. The number of hydrogen-bond acceptors (Lipinski definition) is 3. The Kier molecular flexibility index (Phi) is 7.15. The number of anilines is 2. The molecule has 0 unspecified atom stereocenters. The molecule has 0 aliphatic carbocycles. The minimum atomic E-state index is -0.296. The smallest absolute Gasteiger partial charge is 0.253 e. The SMILES string of the molecule is CC1CCN(c2ccc(NC(=O)CCl)cc2C(=O)N[C@@H](C)c2ccccc2)CC1. The maximum atomic E-state index is 13.2. The summed E-state index contributed by atoms with van der Waals surface area (Å²) in [6.07, 6.45) is 2.21. The van der Waals surface area contributed by atoms with Crippen LogP contribution in [-0.2, 0) is 4.79 Å². The Bertz CT molecular complexity index is 848. The molecule has 1 aliphatic rings. The van der Waals surface area contributed by atoms with Gasteiger partial charge in [0.2, 0.25) is 5.91 Å². The van der Waals surface area contributed by atoms with E-state index in [0.29, 0.717) is 17.2 Å². The zero-order chi connectivity index (χ0) is 20.8. The van der Waals surface area contributed by atoms with E-state index >= 15 is 0 Å². The van der Waals surface area contributed by atoms with Crippen LogP contribution < -0.4 is 15.5 Å². The van der Waals surface area contributed by atoms with Crippen LogP contribution in [0.4, 0.5) is 11.4 Å². The standard InChI is InChI=1S/C23H28ClN3O2/c1-16-10-12-27(13-11-16)21-9-8-19(26-22(28)15-24)14-20(21)23(29)25-17(2)18-6-4-3-5-7-18/h3-9,14,16-17H,10-13,15H2,1-2H3,(H,25,29)(H,26,28)/t17-/m0/s1. The third kappa shape index (κ3) is 5.51. The molecule has 1 heterocycles. The highest BCUT2D eigenvalue weighted by Gasteiger charge is 2.22. The topological polar surface area (TPSA) is 61.4 Å². The minimum Gasteiger partial charge on any atom is -0.371 e. The third-order valence-electron chi connectivity index (χ3n) is 5.42. The Labute approximate surface area is 177 Å². The second-order valence-corrected chi connectivity index (χ2v) is 7.96. The normalized spacial score (nSPS) is 15.6. The van der Waals surface area contributed by atoms with Gasteiger partial charge in [0.25, 0.3) is 5.91 Å². The van der Waals surface area contributed by atoms with E-state index in [4.69, 9.17) is 11.6 Å². The van der Waals surface area contributed by atoms with E-state index in [1.807, 2.05) is 49.4 Å². The number of halogens is 1. The monoisotopic (exact) mass is 413 g/mol. The molecule has 5 nitrogen and oxygen atoms in total. The van der Waals surface area contributed by atoms with Crippen molar-refractivity contribution in [1.82, 2.24) is 5.32 Å². The highest BCUT2D eigenvalue weighted by molar-refractivity contribution is 6.29. The Hall–Kier alpha value is -2.53. The molecule has 0 radical (unpaired) electrons. The number of alkyl halides is 1. The zero-order valence-corrected chi connectivity index (χ0v) is 17.7. The fourth-order valence-corrected chi connectivity index (χ4v) is 3.68. The van der Waals surface area contributed by atoms with E-state index in [9.17, 15) is 9.59 Å². The van der Waals surface area contributed by atoms with Crippen molar-refractivity contribution in [2.75, 3.05) is 29.2 Å². The lowest BCUT2D eigenvalue weighted by molar-refractivity contribution is -0.113. The van der Waals surface area contributed by atoms with Crippen molar-refractivity contribution < 1.29 is 9.59 Å². The Morgan fingerprint density at radius 1 is 1.14 bits per heavy atom. The number of carbonyl (C=O) groups is 2. The van der Waals surface area contributed by atoms with Crippen LogP contribution >= 0.6 is 11.6 Å². The number of benzene rings is 2. The van der Waals surface area contributed by atoms with Gasteiger partial charge in [-0.1, -0.05) is 37.3 Å². The van der Waals surface area contributed by atoms with Crippen LogP contribution in [0.25, 0.3) is 0 Å². The maximum absolute atomic E-state index is 13.2. The number of piperidine rings is 1. The van der Waals surface area contributed by atoms with Crippen molar-refractivity contribution in [3.63, 3.8) is 0 Å². The second kappa shape index (κ2) is 9.79. The number of amides is 2. The van der Waals surface area contributed by atoms with Crippen LogP contribution in [0.15, 0.2) is 48.5 Å². The number of hydrogen-bond donors (Lipinski definition) is 2. The molecule has 2 amide bonds. The molecular formula is C23H28ClN3O2. The Morgan fingerprint density at radius 3 is 2.48 bits per heavy atom. The summed E-state index contributed by atoms with van der Waals surface area (Å²) < 4.78 is 0. The molecule has 1 saturated heterocycles. The van der Waals surface area contributed by atoms with Crippen molar-refractivity contribution in [2.45, 2.75) is 32.7 Å². The lowest BCUT2D eigenvalue weighted by Gasteiger charge is -2.33. The van der Waals surface area contributed by atoms with Crippen LogP contribution in [0.3, 0.4) is 0 Å². The van der Waals surface area contributed by atoms with Gasteiger partial charge in [0.05, 0.1) is 11.6 Å². The summed E-state index contributed by atoms with van der Waals surface area (Å²) in [5.74, 6) is 0.120. The van der Waals surface area contributed by atoms with Gasteiger partial charge in [0.1, 0.15) is 5.88 Å². The summed E-state index contributed by atoms with van der Waals surface area (Å²) >= 11 is 5.61. The molecule has 0 saturated carbocycles. The third-order valence-corrected chi connectivity index (χ3v) is 5.66. The molecule has 0 spiro atoms. The van der Waals surface area contributed by atoms with Gasteiger partial charge < -0.3 is 15.5 Å². The van der Waals surface area contributed by atoms with Crippen molar-refractivity contribution >= 4 is 34.8 Å². The Balaban J connectivity index is 1.86. The molecule has 3 rings (SSSR count). The van der Waals surface area contributed by atoms with Crippen molar-refractivity contribution in [2.24, 2.45) is 5.92 Å². The summed E-state index contributed by atoms with van der Waals surface area (Å²) in [5, 5.41) is 5.83. The number of nitrogens with one attached hydrogen (secondary N) is 2. The first kappa shape index (κ1) is 21.2. The average Bonchev–Trinajstić information content (AvgIpc) is 2.74. The fourth-order valence-electron chi connectivity index (χ4n) is 3.61. The van der Waals surface area contributed by atoms with E-state index in [2.05, 4.69) is 22.5 Å². The molecule has 1 fully saturated rings. The first-order valence-electron chi connectivity index (χ1n) is 10.1. The molecule has 2 aromatic rings. The lowest BCUT2D eigenvalue weighted by atomic mass is 9.97. The average molecular weight is 414 g/mol. The minimum absolute atomic E-state index is 0.126. The molecular weight excluding hydrogens is 386 g/mol. The largest absolute Gasteiger partial charge is 0.371 e. The van der Waals surface area contributed by atoms with Crippen molar-refractivity contribution in [3.8, 4) is 0 Å². The molecule has 0 bridgehead atoms. The molecule has 1 atom stereocenters. The summed E-state index contributed by atoms with van der Waals surface area (Å²) in [7, 11) is 0. The lowest BCUT2D eigenvalue weighted by Crippen LogP contribution is -2.35. The van der Waals surface area contributed by atoms with Crippen LogP contribution in [0.1, 0.15) is 48.7 Å². The van der Waals surface area contributed by atoms with Gasteiger partial charge >= 0.3 is 0 Å². The summed E-state index contributed by atoms with van der Waals surface area (Å²) in [4.78, 5) is 27.1. The summed E-state index contributed by atoms with van der Waals surface area (Å²) in [6.45, 7) is 6.07. The quantitative estimate of drug-likeness (QED) is 0.681. The van der Waals surface area contributed by atoms with Crippen LogP contribution in [0, 0.1) is 5.92 Å². The van der Waals surface area contributed by atoms with Gasteiger partial charge in [0, 0.05) is 24.5 Å². The van der Waals surface area contributed by atoms with Gasteiger partial charge in [-0.2, -0.15) is 0 Å². The van der Waals surface area contributed by atoms with E-state index in [1.165, 1.54) is 0 Å². The number of nitrogens with zero attached hydrogens (tertiary/aromatic N) is 1. The molecule has 6 heteroatoms. The molecule has 2 N–H and O–H groups in total. The highest BCUT2D eigenvalue weighted by Crippen LogP contribution is 2.29. The summed E-state index contributed by atoms with van der Waals surface area (Å²) in [5.41, 5.74) is 3.08. The summed E-state index contributed by atoms with van der Waals surface area (Å²) in [6, 6.07) is 15.2. The van der Waals surface area contributed by atoms with E-state index in [0.717, 1.165) is 37.2 Å². The zero-order valence-electron chi connectivity index (χ0n) is 17.0. The second-order valence-electron chi connectivity index (χ2n) is 7.69. The highest BCUT2D eigenvalue weighted by atomic mass is 35.5. The van der Waals surface area contributed by atoms with E-state index in [-0.39, 0.29) is 23.7 Å². The van der Waals surface area contributed by atoms with Crippen LogP contribution in [-0.4, -0.2) is 30.8 Å². The fraction of sp³-hybridized carbons (Fsp3) is 0.391. The van der Waals surface area contributed by atoms with Gasteiger partial charge in [-0.05, 0) is 49.4 Å². The molecule has 29 heavy (non-hydrogen) atoms. The Morgan fingerprint density at radius 2 is 1.83 bits per heavy atom. The predicted molar refractivity (Wildman–Crippen MR) is 119 cm³/mol. The maximum Gasteiger partial charge on any atom is 0.253 e. The molecule has 0 aromatic heterocycles. The molecule has 154 valence electrons. The van der Waals surface area contributed by atoms with Crippen LogP contribution in [0.2, 0.25) is 0 Å². The molecule has 1 aliphatic heterocycles. The predicted octanol–water partition coefficient (Wildman–Crippen LogP) is 4.59. The first-order valence-corrected chi connectivity index (χ1v) is 10.6. The van der Waals surface area contributed by atoms with Gasteiger partial charge in [-0.25, -0.2) is 0 Å². The van der Waals surface area contributed by atoms with Crippen LogP contribution in [0.5, 0.6) is 0 Å². The van der Waals surface area contributed by atoms with Crippen molar-refractivity contribution in [3.05, 3.63) is 59.7 Å². The van der Waals surface area contributed by atoms with Gasteiger partial charge in [0.15, 0.2) is 0 Å². The van der Waals surface area contributed by atoms with Gasteiger partial charge in [-0.3, -0.25) is 9.59 Å². The van der Waals surface area contributed by atoms with Gasteiger partial charge in [-0.15, -0.1) is 11.6 Å². The number of rotatable bonds is 6. The van der Waals surface area contributed by atoms with E-state index in [1.54, 1.807) is 6.07 Å². The van der Waals surface area contributed by atoms with E-state index < -0.39 is 0 Å². The molecule has 2 aromatic carbocycles. The first-order chi connectivity index (χ1) is 14.0. The van der Waals surface area contributed by atoms with Crippen molar-refractivity contribution in [1.29, 1.82) is 0 Å².